The van der Waals surface area contributed by atoms with Crippen LogP contribution in [-0.4, -0.2) is 25.3 Å². The summed E-state index contributed by atoms with van der Waals surface area (Å²) in [5.41, 5.74) is 4.99. The molecule has 0 aliphatic rings. The summed E-state index contributed by atoms with van der Waals surface area (Å²) in [6, 6.07) is 1.09. The van der Waals surface area contributed by atoms with Crippen molar-refractivity contribution in [1.82, 2.24) is 4.31 Å². The maximum absolute atomic E-state index is 13.9. The molecule has 0 spiro atoms. The molecule has 0 radical (unpaired) electrons. The summed E-state index contributed by atoms with van der Waals surface area (Å²) >= 11 is 0. The van der Waals surface area contributed by atoms with Gasteiger partial charge in [0, 0.05) is 18.7 Å². The van der Waals surface area contributed by atoms with Crippen molar-refractivity contribution in [1.29, 1.82) is 0 Å². The van der Waals surface area contributed by atoms with Gasteiger partial charge in [0.15, 0.2) is 0 Å². The number of nitrogen functional groups attached to an aromatic ring is 1. The molecule has 0 fully saturated rings. The predicted octanol–water partition coefficient (Wildman–Crippen LogP) is 3.14. The third-order valence-electron chi connectivity index (χ3n) is 3.45. The van der Waals surface area contributed by atoms with Gasteiger partial charge in [-0.3, -0.25) is 0 Å². The van der Waals surface area contributed by atoms with Crippen LogP contribution >= 0.6 is 0 Å². The minimum absolute atomic E-state index is 0.271. The molecule has 2 N–H and O–H groups in total. The molecule has 0 aliphatic carbocycles. The fourth-order valence-corrected chi connectivity index (χ4v) is 3.79. The number of anilines is 1. The number of nitrogens with zero attached hydrogens (tertiary/aromatic N) is 1. The molecular weight excluding hydrogens is 298 g/mol. The van der Waals surface area contributed by atoms with Crippen LogP contribution in [0, 0.1) is 11.6 Å². The molecule has 21 heavy (non-hydrogen) atoms. The highest BCUT2D eigenvalue weighted by Gasteiger charge is 2.31. The zero-order valence-corrected chi connectivity index (χ0v) is 13.4. The zero-order chi connectivity index (χ0) is 16.2. The average molecular weight is 320 g/mol. The van der Waals surface area contributed by atoms with Crippen LogP contribution in [0.5, 0.6) is 0 Å². The first-order valence-corrected chi connectivity index (χ1v) is 8.46. The van der Waals surface area contributed by atoms with E-state index in [0.29, 0.717) is 25.5 Å². The van der Waals surface area contributed by atoms with Crippen molar-refractivity contribution in [2.24, 2.45) is 0 Å². The molecule has 0 saturated heterocycles. The summed E-state index contributed by atoms with van der Waals surface area (Å²) in [6.07, 6.45) is 2.08. The Morgan fingerprint density at radius 2 is 1.86 bits per heavy atom. The topological polar surface area (TPSA) is 63.4 Å². The fraction of sp³-hybridized carbons (Fsp3) is 0.571. The van der Waals surface area contributed by atoms with E-state index >= 15 is 0 Å². The lowest BCUT2D eigenvalue weighted by Crippen LogP contribution is -2.39. The van der Waals surface area contributed by atoms with Gasteiger partial charge in [-0.25, -0.2) is 17.2 Å². The minimum atomic E-state index is -4.04. The number of benzene rings is 1. The molecular formula is C14H22F2N2O2S. The summed E-state index contributed by atoms with van der Waals surface area (Å²) < 4.78 is 53.6. The normalized spacial score (nSPS) is 13.6. The van der Waals surface area contributed by atoms with E-state index in [4.69, 9.17) is 5.73 Å². The SMILES string of the molecule is CCCCN(C(C)CC)S(=O)(=O)c1cc(N)c(F)cc1F. The number of rotatable bonds is 7. The second-order valence-corrected chi connectivity index (χ2v) is 6.89. The molecule has 120 valence electrons. The van der Waals surface area contributed by atoms with Gasteiger partial charge in [0.1, 0.15) is 16.5 Å². The molecule has 0 aromatic heterocycles. The van der Waals surface area contributed by atoms with Crippen molar-refractivity contribution in [2.75, 3.05) is 12.3 Å². The van der Waals surface area contributed by atoms with Crippen molar-refractivity contribution < 1.29 is 17.2 Å². The molecule has 1 atom stereocenters. The molecule has 1 aromatic carbocycles. The first kappa shape index (κ1) is 17.8. The van der Waals surface area contributed by atoms with Crippen molar-refractivity contribution in [3.05, 3.63) is 23.8 Å². The van der Waals surface area contributed by atoms with Crippen LogP contribution < -0.4 is 5.73 Å². The number of nitrogens with two attached hydrogens (primary N) is 1. The minimum Gasteiger partial charge on any atom is -0.396 e. The summed E-state index contributed by atoms with van der Waals surface area (Å²) in [7, 11) is -4.04. The molecule has 0 aliphatic heterocycles. The van der Waals surface area contributed by atoms with Crippen LogP contribution in [0.2, 0.25) is 0 Å². The number of hydrogen-bond acceptors (Lipinski definition) is 3. The lowest BCUT2D eigenvalue weighted by atomic mass is 10.2. The third-order valence-corrected chi connectivity index (χ3v) is 5.48. The van der Waals surface area contributed by atoms with E-state index in [-0.39, 0.29) is 11.7 Å². The van der Waals surface area contributed by atoms with E-state index in [1.165, 1.54) is 4.31 Å². The third kappa shape index (κ3) is 3.91. The van der Waals surface area contributed by atoms with E-state index < -0.39 is 26.6 Å². The second kappa shape index (κ2) is 7.17. The smallest absolute Gasteiger partial charge is 0.246 e. The average Bonchev–Trinajstić information content (AvgIpc) is 2.42. The Bertz CT molecular complexity index is 591. The highest BCUT2D eigenvalue weighted by molar-refractivity contribution is 7.89. The largest absolute Gasteiger partial charge is 0.396 e. The molecule has 0 amide bonds. The Labute approximate surface area is 125 Å². The molecule has 1 unspecified atom stereocenters. The maximum atomic E-state index is 13.9. The van der Waals surface area contributed by atoms with Crippen LogP contribution in [0.1, 0.15) is 40.0 Å². The van der Waals surface area contributed by atoms with Crippen molar-refractivity contribution in [2.45, 2.75) is 51.0 Å². The molecule has 0 bridgehead atoms. The molecule has 7 heteroatoms. The fourth-order valence-electron chi connectivity index (χ4n) is 1.96. The Morgan fingerprint density at radius 1 is 1.24 bits per heavy atom. The lowest BCUT2D eigenvalue weighted by Gasteiger charge is -2.28. The van der Waals surface area contributed by atoms with Crippen molar-refractivity contribution >= 4 is 15.7 Å². The van der Waals surface area contributed by atoms with Gasteiger partial charge in [0.2, 0.25) is 10.0 Å². The van der Waals surface area contributed by atoms with E-state index in [9.17, 15) is 17.2 Å². The summed E-state index contributed by atoms with van der Waals surface area (Å²) in [6.45, 7) is 5.86. The number of sulfonamides is 1. The van der Waals surface area contributed by atoms with Gasteiger partial charge in [0.05, 0.1) is 5.69 Å². The van der Waals surface area contributed by atoms with Crippen LogP contribution in [0.4, 0.5) is 14.5 Å². The quantitative estimate of drug-likeness (QED) is 0.785. The molecule has 4 nitrogen and oxygen atoms in total. The van der Waals surface area contributed by atoms with Crippen LogP contribution in [0.25, 0.3) is 0 Å². The van der Waals surface area contributed by atoms with Crippen molar-refractivity contribution in [3.63, 3.8) is 0 Å². The van der Waals surface area contributed by atoms with Gasteiger partial charge in [0.25, 0.3) is 0 Å². The predicted molar refractivity (Wildman–Crippen MR) is 79.3 cm³/mol. The van der Waals surface area contributed by atoms with Gasteiger partial charge >= 0.3 is 0 Å². The number of unbranched alkanes of at least 4 members (excludes halogenated alkanes) is 1. The van der Waals surface area contributed by atoms with Crippen LogP contribution in [-0.2, 0) is 10.0 Å². The lowest BCUT2D eigenvalue weighted by molar-refractivity contribution is 0.322. The maximum Gasteiger partial charge on any atom is 0.246 e. The molecule has 1 rings (SSSR count). The standard InChI is InChI=1S/C14H22F2N2O2S/c1-4-6-7-18(10(3)5-2)21(19,20)14-9-13(17)11(15)8-12(14)16/h8-10H,4-7,17H2,1-3H3. The van der Waals surface area contributed by atoms with E-state index in [0.717, 1.165) is 12.5 Å². The van der Waals surface area contributed by atoms with E-state index in [1.807, 2.05) is 13.8 Å². The zero-order valence-electron chi connectivity index (χ0n) is 12.6. The highest BCUT2D eigenvalue weighted by Crippen LogP contribution is 2.26. The van der Waals surface area contributed by atoms with Crippen LogP contribution in [0.3, 0.4) is 0 Å². The Morgan fingerprint density at radius 3 is 2.38 bits per heavy atom. The van der Waals surface area contributed by atoms with Gasteiger partial charge in [-0.1, -0.05) is 20.3 Å². The Hall–Kier alpha value is -1.21. The monoisotopic (exact) mass is 320 g/mol. The van der Waals surface area contributed by atoms with E-state index in [2.05, 4.69) is 0 Å². The molecule has 0 saturated carbocycles. The van der Waals surface area contributed by atoms with Crippen molar-refractivity contribution in [3.8, 4) is 0 Å². The number of halogens is 2. The number of hydrogen-bond donors (Lipinski definition) is 1. The van der Waals surface area contributed by atoms with Gasteiger partial charge in [-0.05, 0) is 25.8 Å². The van der Waals surface area contributed by atoms with Crippen LogP contribution in [0.15, 0.2) is 17.0 Å². The van der Waals surface area contributed by atoms with Gasteiger partial charge < -0.3 is 5.73 Å². The summed E-state index contributed by atoms with van der Waals surface area (Å²) in [4.78, 5) is -0.571. The van der Waals surface area contributed by atoms with Gasteiger partial charge in [-0.15, -0.1) is 0 Å². The summed E-state index contributed by atoms with van der Waals surface area (Å²) in [5, 5.41) is 0. The second-order valence-electron chi connectivity index (χ2n) is 5.03. The first-order chi connectivity index (χ1) is 9.75. The highest BCUT2D eigenvalue weighted by atomic mass is 32.2. The molecule has 0 heterocycles. The first-order valence-electron chi connectivity index (χ1n) is 7.02. The van der Waals surface area contributed by atoms with E-state index in [1.54, 1.807) is 6.92 Å². The Kier molecular flexibility index (Phi) is 6.10. The Balaban J connectivity index is 3.31. The van der Waals surface area contributed by atoms with Gasteiger partial charge in [-0.2, -0.15) is 4.31 Å². The molecule has 1 aromatic rings. The summed E-state index contributed by atoms with van der Waals surface area (Å²) in [5.74, 6) is -2.08.